The van der Waals surface area contributed by atoms with Crippen molar-refractivity contribution in [1.29, 1.82) is 0 Å². The van der Waals surface area contributed by atoms with Gasteiger partial charge in [0.1, 0.15) is 0 Å². The number of aromatic nitrogens is 2. The maximum absolute atomic E-state index is 5.63. The lowest BCUT2D eigenvalue weighted by molar-refractivity contribution is 0.0994. The molecule has 16 heavy (non-hydrogen) atoms. The van der Waals surface area contributed by atoms with Gasteiger partial charge in [-0.05, 0) is 39.7 Å². The van der Waals surface area contributed by atoms with Gasteiger partial charge in [0.25, 0.3) is 0 Å². The fourth-order valence-corrected chi connectivity index (χ4v) is 2.08. The van der Waals surface area contributed by atoms with Crippen molar-refractivity contribution in [1.82, 2.24) is 9.97 Å². The van der Waals surface area contributed by atoms with Gasteiger partial charge in [-0.2, -0.15) is 0 Å². The third-order valence-electron chi connectivity index (χ3n) is 2.86. The molecule has 0 amide bonds. The highest BCUT2D eigenvalue weighted by Crippen LogP contribution is 2.17. The van der Waals surface area contributed by atoms with E-state index in [4.69, 9.17) is 4.74 Å². The van der Waals surface area contributed by atoms with Crippen molar-refractivity contribution < 1.29 is 4.74 Å². The van der Waals surface area contributed by atoms with E-state index in [1.54, 1.807) is 0 Å². The molecule has 4 heteroatoms. The predicted octanol–water partition coefficient (Wildman–Crippen LogP) is 2.07. The summed E-state index contributed by atoms with van der Waals surface area (Å²) in [6, 6.07) is 2.24. The fourth-order valence-electron chi connectivity index (χ4n) is 2.08. The first kappa shape index (κ1) is 11.3. The van der Waals surface area contributed by atoms with E-state index in [2.05, 4.69) is 22.2 Å². The molecule has 2 unspecified atom stereocenters. The van der Waals surface area contributed by atoms with E-state index in [0.717, 1.165) is 30.8 Å². The molecular weight excluding hydrogens is 202 g/mol. The van der Waals surface area contributed by atoms with Crippen LogP contribution in [0.25, 0.3) is 0 Å². The largest absolute Gasteiger partial charge is 0.376 e. The van der Waals surface area contributed by atoms with Gasteiger partial charge in [0.2, 0.25) is 5.95 Å². The van der Waals surface area contributed by atoms with Crippen molar-refractivity contribution in [3.05, 3.63) is 17.5 Å². The van der Waals surface area contributed by atoms with Crippen molar-refractivity contribution in [2.24, 2.45) is 0 Å². The third-order valence-corrected chi connectivity index (χ3v) is 2.86. The van der Waals surface area contributed by atoms with Crippen LogP contribution in [0.2, 0.25) is 0 Å². The van der Waals surface area contributed by atoms with Crippen LogP contribution in [0.15, 0.2) is 6.07 Å². The summed E-state index contributed by atoms with van der Waals surface area (Å²) in [4.78, 5) is 8.74. The molecule has 1 aromatic heterocycles. The Bertz CT molecular complexity index is 341. The van der Waals surface area contributed by atoms with Gasteiger partial charge in [0, 0.05) is 18.0 Å². The number of anilines is 1. The number of rotatable bonds is 3. The fraction of sp³-hybridized carbons (Fsp3) is 0.667. The summed E-state index contributed by atoms with van der Waals surface area (Å²) in [5, 5.41) is 3.32. The molecule has 1 saturated heterocycles. The highest BCUT2D eigenvalue weighted by molar-refractivity contribution is 5.29. The summed E-state index contributed by atoms with van der Waals surface area (Å²) >= 11 is 0. The molecule has 0 aromatic carbocycles. The van der Waals surface area contributed by atoms with Gasteiger partial charge >= 0.3 is 0 Å². The van der Waals surface area contributed by atoms with Gasteiger partial charge in [-0.25, -0.2) is 9.97 Å². The number of nitrogens with one attached hydrogen (secondary N) is 1. The van der Waals surface area contributed by atoms with Crippen LogP contribution in [-0.4, -0.2) is 28.7 Å². The monoisotopic (exact) mass is 221 g/mol. The Morgan fingerprint density at radius 3 is 2.62 bits per heavy atom. The van der Waals surface area contributed by atoms with Gasteiger partial charge in [0.15, 0.2) is 0 Å². The van der Waals surface area contributed by atoms with Crippen molar-refractivity contribution >= 4 is 5.95 Å². The van der Waals surface area contributed by atoms with E-state index in [9.17, 15) is 0 Å². The van der Waals surface area contributed by atoms with Gasteiger partial charge in [-0.1, -0.05) is 0 Å². The van der Waals surface area contributed by atoms with Crippen molar-refractivity contribution in [3.8, 4) is 0 Å². The molecule has 0 radical (unpaired) electrons. The Morgan fingerprint density at radius 2 is 2.06 bits per heavy atom. The predicted molar refractivity (Wildman–Crippen MR) is 63.6 cm³/mol. The minimum atomic E-state index is 0.267. The van der Waals surface area contributed by atoms with Crippen LogP contribution in [0.5, 0.6) is 0 Å². The maximum atomic E-state index is 5.63. The number of aryl methyl sites for hydroxylation is 2. The smallest absolute Gasteiger partial charge is 0.223 e. The summed E-state index contributed by atoms with van der Waals surface area (Å²) in [7, 11) is 0. The van der Waals surface area contributed by atoms with Crippen molar-refractivity contribution in [2.75, 3.05) is 11.9 Å². The second-order valence-corrected chi connectivity index (χ2v) is 4.46. The zero-order valence-corrected chi connectivity index (χ0v) is 10.2. The minimum absolute atomic E-state index is 0.267. The van der Waals surface area contributed by atoms with Crippen LogP contribution >= 0.6 is 0 Å². The molecule has 0 bridgehead atoms. The van der Waals surface area contributed by atoms with E-state index >= 15 is 0 Å². The summed E-state index contributed by atoms with van der Waals surface area (Å²) in [6.45, 7) is 6.97. The van der Waals surface area contributed by atoms with E-state index in [0.29, 0.717) is 12.1 Å². The van der Waals surface area contributed by atoms with Crippen LogP contribution in [-0.2, 0) is 4.74 Å². The SMILES string of the molecule is Cc1cc(C)nc(NC(C)C2CCCO2)n1. The van der Waals surface area contributed by atoms with Gasteiger partial charge in [-0.15, -0.1) is 0 Å². The molecule has 1 aromatic rings. The molecule has 1 N–H and O–H groups in total. The minimum Gasteiger partial charge on any atom is -0.376 e. The molecule has 1 fully saturated rings. The standard InChI is InChI=1S/C12H19N3O/c1-8-7-9(2)14-12(13-8)15-10(3)11-5-4-6-16-11/h7,10-11H,4-6H2,1-3H3,(H,13,14,15). The van der Waals surface area contributed by atoms with Crippen molar-refractivity contribution in [2.45, 2.75) is 45.8 Å². The first-order valence-corrected chi connectivity index (χ1v) is 5.85. The lowest BCUT2D eigenvalue weighted by atomic mass is 10.1. The normalized spacial score (nSPS) is 22.1. The average molecular weight is 221 g/mol. The molecular formula is C12H19N3O. The molecule has 0 saturated carbocycles. The molecule has 1 aliphatic rings. The molecule has 2 atom stereocenters. The summed E-state index contributed by atoms with van der Waals surface area (Å²) in [6.07, 6.45) is 2.58. The summed E-state index contributed by atoms with van der Waals surface area (Å²) < 4.78 is 5.63. The molecule has 0 spiro atoms. The van der Waals surface area contributed by atoms with E-state index < -0.39 is 0 Å². The average Bonchev–Trinajstić information content (AvgIpc) is 2.68. The summed E-state index contributed by atoms with van der Waals surface area (Å²) in [5.74, 6) is 0.709. The quantitative estimate of drug-likeness (QED) is 0.848. The highest BCUT2D eigenvalue weighted by Gasteiger charge is 2.22. The number of ether oxygens (including phenoxy) is 1. The Kier molecular flexibility index (Phi) is 3.39. The Morgan fingerprint density at radius 1 is 1.38 bits per heavy atom. The number of hydrogen-bond donors (Lipinski definition) is 1. The molecule has 88 valence electrons. The van der Waals surface area contributed by atoms with Crippen LogP contribution in [0, 0.1) is 13.8 Å². The van der Waals surface area contributed by atoms with Crippen LogP contribution in [0.3, 0.4) is 0 Å². The van der Waals surface area contributed by atoms with E-state index in [-0.39, 0.29) is 6.04 Å². The summed E-state index contributed by atoms with van der Waals surface area (Å²) in [5.41, 5.74) is 1.99. The second-order valence-electron chi connectivity index (χ2n) is 4.46. The van der Waals surface area contributed by atoms with Crippen LogP contribution in [0.4, 0.5) is 5.95 Å². The molecule has 2 rings (SSSR count). The van der Waals surface area contributed by atoms with E-state index in [1.807, 2.05) is 19.9 Å². The van der Waals surface area contributed by atoms with Crippen LogP contribution < -0.4 is 5.32 Å². The molecule has 2 heterocycles. The highest BCUT2D eigenvalue weighted by atomic mass is 16.5. The maximum Gasteiger partial charge on any atom is 0.223 e. The van der Waals surface area contributed by atoms with Gasteiger partial charge < -0.3 is 10.1 Å². The zero-order valence-electron chi connectivity index (χ0n) is 10.2. The zero-order chi connectivity index (χ0) is 11.5. The molecule has 0 aliphatic carbocycles. The van der Waals surface area contributed by atoms with Crippen LogP contribution in [0.1, 0.15) is 31.2 Å². The van der Waals surface area contributed by atoms with E-state index in [1.165, 1.54) is 0 Å². The third kappa shape index (κ3) is 2.70. The topological polar surface area (TPSA) is 47.0 Å². The second kappa shape index (κ2) is 4.78. The van der Waals surface area contributed by atoms with Gasteiger partial charge in [-0.3, -0.25) is 0 Å². The molecule has 4 nitrogen and oxygen atoms in total. The number of hydrogen-bond acceptors (Lipinski definition) is 4. The Balaban J connectivity index is 2.02. The first-order chi connectivity index (χ1) is 7.65. The lowest BCUT2D eigenvalue weighted by Crippen LogP contribution is -2.30. The number of nitrogens with zero attached hydrogens (tertiary/aromatic N) is 2. The first-order valence-electron chi connectivity index (χ1n) is 5.85. The Hall–Kier alpha value is -1.16. The lowest BCUT2D eigenvalue weighted by Gasteiger charge is -2.20. The van der Waals surface area contributed by atoms with Gasteiger partial charge in [0.05, 0.1) is 12.1 Å². The molecule has 1 aliphatic heterocycles. The Labute approximate surface area is 96.4 Å². The van der Waals surface area contributed by atoms with Crippen molar-refractivity contribution in [3.63, 3.8) is 0 Å².